The lowest BCUT2D eigenvalue weighted by atomic mass is 9.98. The topological polar surface area (TPSA) is 21.4 Å². The molecule has 0 unspecified atom stereocenters. The van der Waals surface area contributed by atoms with Gasteiger partial charge in [-0.05, 0) is 55.2 Å². The zero-order chi connectivity index (χ0) is 19.1. The summed E-state index contributed by atoms with van der Waals surface area (Å²) in [7, 11) is 2.05. The minimum absolute atomic E-state index is 0.547. The van der Waals surface area contributed by atoms with Gasteiger partial charge in [0.15, 0.2) is 6.20 Å². The maximum absolute atomic E-state index is 7.59. The number of furan rings is 1. The molecule has 2 heterocycles. The van der Waals surface area contributed by atoms with Crippen LogP contribution in [0.2, 0.25) is 0 Å². The number of rotatable bonds is 3. The first kappa shape index (κ1) is 17.3. The van der Waals surface area contributed by atoms with Crippen molar-refractivity contribution in [2.45, 2.75) is 27.2 Å². The molecule has 4 rings (SSSR count). The van der Waals surface area contributed by atoms with Gasteiger partial charge in [-0.2, -0.15) is 0 Å². The molecule has 0 aliphatic carbocycles. The van der Waals surface area contributed by atoms with Crippen LogP contribution in [0.4, 0.5) is 5.69 Å². The van der Waals surface area contributed by atoms with Crippen molar-refractivity contribution in [2.24, 2.45) is 13.0 Å². The Bertz CT molecular complexity index is 1210. The highest BCUT2D eigenvalue weighted by molar-refractivity contribution is 6.10. The molecule has 2 aromatic carbocycles. The first-order valence-electron chi connectivity index (χ1n) is 9.30. The van der Waals surface area contributed by atoms with Gasteiger partial charge in [0.2, 0.25) is 11.4 Å². The van der Waals surface area contributed by atoms with Crippen LogP contribution >= 0.6 is 0 Å². The fraction of sp³-hybridized carbons (Fsp3) is 0.250. The van der Waals surface area contributed by atoms with E-state index in [1.807, 2.05) is 31.4 Å². The minimum atomic E-state index is 0.547. The van der Waals surface area contributed by atoms with E-state index in [-0.39, 0.29) is 0 Å². The number of pyridine rings is 1. The lowest BCUT2D eigenvalue weighted by Gasteiger charge is -2.06. The van der Waals surface area contributed by atoms with Crippen LogP contribution in [0.25, 0.3) is 38.0 Å². The van der Waals surface area contributed by atoms with E-state index in [0.29, 0.717) is 17.2 Å². The van der Waals surface area contributed by atoms with Crippen molar-refractivity contribution >= 4 is 27.6 Å². The normalized spacial score (nSPS) is 11.4. The van der Waals surface area contributed by atoms with Crippen LogP contribution in [0.5, 0.6) is 0 Å². The van der Waals surface area contributed by atoms with Gasteiger partial charge in [0, 0.05) is 22.9 Å². The van der Waals surface area contributed by atoms with Crippen molar-refractivity contribution in [3.05, 3.63) is 71.2 Å². The van der Waals surface area contributed by atoms with Gasteiger partial charge in [-0.1, -0.05) is 19.4 Å². The Morgan fingerprint density at radius 1 is 1.11 bits per heavy atom. The number of aryl methyl sites for hydroxylation is 2. The average Bonchev–Trinajstić information content (AvgIpc) is 2.98. The number of aromatic nitrogens is 1. The first-order valence-corrected chi connectivity index (χ1v) is 9.30. The third-order valence-corrected chi connectivity index (χ3v) is 5.05. The third kappa shape index (κ3) is 2.98. The molecule has 0 saturated carbocycles. The Labute approximate surface area is 159 Å². The van der Waals surface area contributed by atoms with E-state index in [1.165, 1.54) is 11.1 Å². The van der Waals surface area contributed by atoms with Gasteiger partial charge in [0.05, 0.1) is 12.1 Å². The Hall–Kier alpha value is -3.12. The fourth-order valence-corrected chi connectivity index (χ4v) is 3.82. The SMILES string of the molecule is [C-]#[N+]c1cc(CC(C)C)cc2c1oc1cc(-c3cccc[n+]3C)c(C)cc12. The summed E-state index contributed by atoms with van der Waals surface area (Å²) >= 11 is 0. The van der Waals surface area contributed by atoms with Crippen molar-refractivity contribution in [1.29, 1.82) is 0 Å². The lowest BCUT2D eigenvalue weighted by molar-refractivity contribution is -0.660. The molecular formula is C24H23N2O+. The summed E-state index contributed by atoms with van der Waals surface area (Å²) in [6, 6.07) is 14.7. The van der Waals surface area contributed by atoms with E-state index in [4.69, 9.17) is 11.0 Å². The van der Waals surface area contributed by atoms with E-state index in [1.54, 1.807) is 0 Å². The average molecular weight is 355 g/mol. The van der Waals surface area contributed by atoms with E-state index in [9.17, 15) is 0 Å². The van der Waals surface area contributed by atoms with Crippen LogP contribution in [0.1, 0.15) is 25.0 Å². The Balaban J connectivity index is 2.00. The molecule has 134 valence electrons. The quantitative estimate of drug-likeness (QED) is 0.320. The van der Waals surface area contributed by atoms with Crippen molar-refractivity contribution < 1.29 is 8.98 Å². The number of benzene rings is 2. The summed E-state index contributed by atoms with van der Waals surface area (Å²) in [6.07, 6.45) is 3.01. The zero-order valence-corrected chi connectivity index (χ0v) is 16.2. The Morgan fingerprint density at radius 2 is 1.93 bits per heavy atom. The Kier molecular flexibility index (Phi) is 4.20. The smallest absolute Gasteiger partial charge is 0.229 e. The lowest BCUT2D eigenvalue weighted by Crippen LogP contribution is -2.30. The van der Waals surface area contributed by atoms with Crippen LogP contribution in [-0.4, -0.2) is 0 Å². The van der Waals surface area contributed by atoms with E-state index in [0.717, 1.165) is 34.0 Å². The summed E-state index contributed by atoms with van der Waals surface area (Å²) in [6.45, 7) is 14.1. The second-order valence-electron chi connectivity index (χ2n) is 7.66. The Morgan fingerprint density at radius 3 is 2.63 bits per heavy atom. The molecule has 27 heavy (non-hydrogen) atoms. The van der Waals surface area contributed by atoms with Gasteiger partial charge in [-0.3, -0.25) is 0 Å². The highest BCUT2D eigenvalue weighted by Crippen LogP contribution is 2.39. The summed E-state index contributed by atoms with van der Waals surface area (Å²) in [4.78, 5) is 3.73. The van der Waals surface area contributed by atoms with Crippen LogP contribution < -0.4 is 4.57 Å². The molecule has 3 nitrogen and oxygen atoms in total. The number of hydrogen-bond donors (Lipinski definition) is 0. The molecule has 4 aromatic rings. The molecule has 0 bridgehead atoms. The van der Waals surface area contributed by atoms with Crippen molar-refractivity contribution in [3.63, 3.8) is 0 Å². The predicted molar refractivity (Wildman–Crippen MR) is 110 cm³/mol. The summed E-state index contributed by atoms with van der Waals surface area (Å²) < 4.78 is 8.28. The van der Waals surface area contributed by atoms with Gasteiger partial charge in [-0.25, -0.2) is 9.41 Å². The molecule has 0 aliphatic rings. The van der Waals surface area contributed by atoms with Crippen LogP contribution in [0.3, 0.4) is 0 Å². The molecule has 0 amide bonds. The first-order chi connectivity index (χ1) is 13.0. The molecule has 0 aliphatic heterocycles. The highest BCUT2D eigenvalue weighted by atomic mass is 16.3. The molecule has 0 fully saturated rings. The molecule has 3 heteroatoms. The predicted octanol–water partition coefficient (Wildman–Crippen LogP) is 6.14. The second-order valence-corrected chi connectivity index (χ2v) is 7.66. The van der Waals surface area contributed by atoms with Crippen LogP contribution in [0, 0.1) is 19.4 Å². The largest absolute Gasteiger partial charge is 0.467 e. The molecule has 0 N–H and O–H groups in total. The summed E-state index contributed by atoms with van der Waals surface area (Å²) in [5, 5.41) is 2.13. The molecular weight excluding hydrogens is 332 g/mol. The van der Waals surface area contributed by atoms with Crippen molar-refractivity contribution in [1.82, 2.24) is 0 Å². The van der Waals surface area contributed by atoms with Crippen molar-refractivity contribution in [2.75, 3.05) is 0 Å². The van der Waals surface area contributed by atoms with Gasteiger partial charge in [0.25, 0.3) is 0 Å². The van der Waals surface area contributed by atoms with E-state index in [2.05, 4.69) is 54.4 Å². The molecule has 2 aromatic heterocycles. The number of fused-ring (bicyclic) bond motifs is 3. The molecule has 0 atom stereocenters. The highest BCUT2D eigenvalue weighted by Gasteiger charge is 2.18. The number of nitrogens with zero attached hydrogens (tertiary/aromatic N) is 2. The zero-order valence-electron chi connectivity index (χ0n) is 16.2. The molecule has 0 radical (unpaired) electrons. The van der Waals surface area contributed by atoms with Gasteiger partial charge >= 0.3 is 0 Å². The van der Waals surface area contributed by atoms with Crippen LogP contribution in [-0.2, 0) is 13.5 Å². The minimum Gasteiger partial charge on any atom is -0.467 e. The molecule has 0 saturated heterocycles. The number of hydrogen-bond acceptors (Lipinski definition) is 1. The van der Waals surface area contributed by atoms with Gasteiger partial charge in [-0.15, -0.1) is 0 Å². The monoisotopic (exact) mass is 355 g/mol. The third-order valence-electron chi connectivity index (χ3n) is 5.05. The standard InChI is InChI=1S/C24H23N2O/c1-15(2)10-17-12-20-19-11-16(3)18(22-8-6-7-9-26(22)5)14-23(19)27-24(20)21(13-17)25-4/h6-9,11-15H,10H2,1-3,5H3/q+1. The summed E-state index contributed by atoms with van der Waals surface area (Å²) in [5.41, 5.74) is 6.82. The maximum atomic E-state index is 7.59. The fourth-order valence-electron chi connectivity index (χ4n) is 3.82. The van der Waals surface area contributed by atoms with Crippen LogP contribution in [0.15, 0.2) is 53.1 Å². The van der Waals surface area contributed by atoms with Gasteiger partial charge < -0.3 is 4.42 Å². The van der Waals surface area contributed by atoms with Gasteiger partial charge in [0.1, 0.15) is 18.2 Å². The molecule has 0 spiro atoms. The second kappa shape index (κ2) is 6.55. The van der Waals surface area contributed by atoms with E-state index < -0.39 is 0 Å². The summed E-state index contributed by atoms with van der Waals surface area (Å²) in [5.74, 6) is 0.547. The van der Waals surface area contributed by atoms with E-state index >= 15 is 0 Å². The van der Waals surface area contributed by atoms with Crippen molar-refractivity contribution in [3.8, 4) is 11.3 Å². The maximum Gasteiger partial charge on any atom is 0.229 e.